The lowest BCUT2D eigenvalue weighted by molar-refractivity contribution is 0.0436. The van der Waals surface area contributed by atoms with Crippen LogP contribution in [0.1, 0.15) is 19.8 Å². The standard InChI is InChI=1S/C14H26N4O3/c1-2-4-15-13(19)16-5-3-6-17(8-7-16)14(20)18-9-11-21-12-10-18/h2-12H2,1H3,(H,15,19). The molecule has 0 aromatic heterocycles. The SMILES string of the molecule is CCCNC(=O)N1CCCN(C(=O)N2CCOCC2)CC1. The second kappa shape index (κ2) is 8.07. The van der Waals surface area contributed by atoms with E-state index in [0.29, 0.717) is 59.0 Å². The third-order valence-electron chi connectivity index (χ3n) is 3.86. The van der Waals surface area contributed by atoms with Crippen molar-refractivity contribution >= 4 is 12.1 Å². The third kappa shape index (κ3) is 4.49. The summed E-state index contributed by atoms with van der Waals surface area (Å²) in [5.74, 6) is 0. The number of urea groups is 2. The Kier molecular flexibility index (Phi) is 6.10. The Balaban J connectivity index is 1.82. The van der Waals surface area contributed by atoms with Crippen LogP contribution >= 0.6 is 0 Å². The number of rotatable bonds is 2. The van der Waals surface area contributed by atoms with Crippen LogP contribution in [0.2, 0.25) is 0 Å². The van der Waals surface area contributed by atoms with Crippen molar-refractivity contribution in [2.24, 2.45) is 0 Å². The molecule has 2 aliphatic heterocycles. The maximum absolute atomic E-state index is 12.4. The lowest BCUT2D eigenvalue weighted by Crippen LogP contribution is -2.49. The molecule has 2 aliphatic rings. The number of ether oxygens (including phenoxy) is 1. The molecule has 0 spiro atoms. The van der Waals surface area contributed by atoms with Gasteiger partial charge in [-0.2, -0.15) is 0 Å². The van der Waals surface area contributed by atoms with Gasteiger partial charge in [0.25, 0.3) is 0 Å². The van der Waals surface area contributed by atoms with Gasteiger partial charge in [-0.3, -0.25) is 0 Å². The fraction of sp³-hybridized carbons (Fsp3) is 0.857. The van der Waals surface area contributed by atoms with E-state index < -0.39 is 0 Å². The van der Waals surface area contributed by atoms with Gasteiger partial charge in [-0.05, 0) is 12.8 Å². The molecule has 7 heteroatoms. The van der Waals surface area contributed by atoms with Crippen molar-refractivity contribution in [1.29, 1.82) is 0 Å². The molecular formula is C14H26N4O3. The monoisotopic (exact) mass is 298 g/mol. The molecule has 2 saturated heterocycles. The van der Waals surface area contributed by atoms with Gasteiger partial charge < -0.3 is 24.8 Å². The normalized spacial score (nSPS) is 20.1. The number of amides is 4. The van der Waals surface area contributed by atoms with Crippen molar-refractivity contribution in [1.82, 2.24) is 20.0 Å². The second-order valence-corrected chi connectivity index (χ2v) is 5.44. The van der Waals surface area contributed by atoms with Crippen molar-refractivity contribution in [2.75, 3.05) is 59.0 Å². The molecule has 1 N–H and O–H groups in total. The van der Waals surface area contributed by atoms with Gasteiger partial charge in [-0.1, -0.05) is 6.92 Å². The van der Waals surface area contributed by atoms with Gasteiger partial charge in [0.15, 0.2) is 0 Å². The topological polar surface area (TPSA) is 65.1 Å². The first-order valence-electron chi connectivity index (χ1n) is 7.86. The van der Waals surface area contributed by atoms with Gasteiger partial charge >= 0.3 is 12.1 Å². The molecule has 2 fully saturated rings. The van der Waals surface area contributed by atoms with Crippen molar-refractivity contribution in [3.8, 4) is 0 Å². The molecule has 0 unspecified atom stereocenters. The number of hydrogen-bond donors (Lipinski definition) is 1. The zero-order valence-corrected chi connectivity index (χ0v) is 12.8. The fourth-order valence-corrected chi connectivity index (χ4v) is 2.61. The van der Waals surface area contributed by atoms with Crippen LogP contribution in [-0.4, -0.2) is 85.8 Å². The molecular weight excluding hydrogens is 272 g/mol. The zero-order valence-electron chi connectivity index (χ0n) is 12.8. The van der Waals surface area contributed by atoms with E-state index in [-0.39, 0.29) is 12.1 Å². The van der Waals surface area contributed by atoms with Crippen LogP contribution < -0.4 is 5.32 Å². The van der Waals surface area contributed by atoms with Crippen LogP contribution in [0.15, 0.2) is 0 Å². The van der Waals surface area contributed by atoms with E-state index >= 15 is 0 Å². The van der Waals surface area contributed by atoms with Crippen LogP contribution in [0.25, 0.3) is 0 Å². The van der Waals surface area contributed by atoms with Crippen LogP contribution in [0.5, 0.6) is 0 Å². The molecule has 0 aromatic rings. The quantitative estimate of drug-likeness (QED) is 0.810. The predicted octanol–water partition coefficient (Wildman–Crippen LogP) is 0.566. The van der Waals surface area contributed by atoms with E-state index in [1.54, 1.807) is 0 Å². The minimum atomic E-state index is -0.0162. The number of morpholine rings is 1. The van der Waals surface area contributed by atoms with Gasteiger partial charge in [-0.15, -0.1) is 0 Å². The third-order valence-corrected chi connectivity index (χ3v) is 3.86. The van der Waals surface area contributed by atoms with E-state index in [1.807, 2.05) is 21.6 Å². The summed E-state index contributed by atoms with van der Waals surface area (Å²) in [5.41, 5.74) is 0. The molecule has 0 saturated carbocycles. The summed E-state index contributed by atoms with van der Waals surface area (Å²) < 4.78 is 5.27. The smallest absolute Gasteiger partial charge is 0.320 e. The first-order chi connectivity index (χ1) is 10.2. The molecule has 2 heterocycles. The molecule has 0 radical (unpaired) electrons. The van der Waals surface area contributed by atoms with Gasteiger partial charge in [-0.25, -0.2) is 9.59 Å². The molecule has 21 heavy (non-hydrogen) atoms. The Morgan fingerprint density at radius 3 is 2.29 bits per heavy atom. The van der Waals surface area contributed by atoms with Gasteiger partial charge in [0.05, 0.1) is 13.2 Å². The first-order valence-corrected chi connectivity index (χ1v) is 7.86. The maximum atomic E-state index is 12.4. The van der Waals surface area contributed by atoms with Gasteiger partial charge in [0.2, 0.25) is 0 Å². The van der Waals surface area contributed by atoms with Crippen LogP contribution in [-0.2, 0) is 4.74 Å². The van der Waals surface area contributed by atoms with Crippen LogP contribution in [0.4, 0.5) is 9.59 Å². The maximum Gasteiger partial charge on any atom is 0.320 e. The Hall–Kier alpha value is -1.50. The van der Waals surface area contributed by atoms with Crippen molar-refractivity contribution in [3.05, 3.63) is 0 Å². The van der Waals surface area contributed by atoms with Crippen molar-refractivity contribution in [3.63, 3.8) is 0 Å². The average Bonchev–Trinajstić information content (AvgIpc) is 2.79. The summed E-state index contributed by atoms with van der Waals surface area (Å²) >= 11 is 0. The first kappa shape index (κ1) is 15.9. The fourth-order valence-electron chi connectivity index (χ4n) is 2.61. The van der Waals surface area contributed by atoms with E-state index in [0.717, 1.165) is 12.8 Å². The highest BCUT2D eigenvalue weighted by Gasteiger charge is 2.26. The summed E-state index contributed by atoms with van der Waals surface area (Å²) in [6, 6.07) is 0.0617. The summed E-state index contributed by atoms with van der Waals surface area (Å²) in [5, 5.41) is 2.89. The highest BCUT2D eigenvalue weighted by atomic mass is 16.5. The Morgan fingerprint density at radius 1 is 0.952 bits per heavy atom. The number of nitrogens with zero attached hydrogens (tertiary/aromatic N) is 3. The predicted molar refractivity (Wildman–Crippen MR) is 79.2 cm³/mol. The molecule has 0 aliphatic carbocycles. The lowest BCUT2D eigenvalue weighted by atomic mass is 10.4. The Bertz CT molecular complexity index is 358. The molecule has 7 nitrogen and oxygen atoms in total. The molecule has 2 rings (SSSR count). The molecule has 0 bridgehead atoms. The largest absolute Gasteiger partial charge is 0.378 e. The molecule has 120 valence electrons. The van der Waals surface area contributed by atoms with Gasteiger partial charge in [0, 0.05) is 45.8 Å². The molecule has 0 atom stereocenters. The van der Waals surface area contributed by atoms with E-state index in [1.165, 1.54) is 0 Å². The highest BCUT2D eigenvalue weighted by molar-refractivity contribution is 5.76. The average molecular weight is 298 g/mol. The summed E-state index contributed by atoms with van der Waals surface area (Å²) in [6.45, 7) is 7.93. The highest BCUT2D eigenvalue weighted by Crippen LogP contribution is 2.08. The number of hydrogen-bond acceptors (Lipinski definition) is 3. The molecule has 4 amide bonds. The minimum Gasteiger partial charge on any atom is -0.378 e. The zero-order chi connectivity index (χ0) is 15.1. The van der Waals surface area contributed by atoms with E-state index in [9.17, 15) is 9.59 Å². The van der Waals surface area contributed by atoms with Crippen LogP contribution in [0.3, 0.4) is 0 Å². The van der Waals surface area contributed by atoms with Crippen molar-refractivity contribution < 1.29 is 14.3 Å². The Morgan fingerprint density at radius 2 is 1.57 bits per heavy atom. The summed E-state index contributed by atoms with van der Waals surface area (Å²) in [4.78, 5) is 29.9. The van der Waals surface area contributed by atoms with E-state index in [2.05, 4.69) is 5.32 Å². The Labute approximate surface area is 126 Å². The number of carbonyl (C=O) groups excluding carboxylic acids is 2. The van der Waals surface area contributed by atoms with Gasteiger partial charge in [0.1, 0.15) is 0 Å². The molecule has 0 aromatic carbocycles. The van der Waals surface area contributed by atoms with Crippen molar-refractivity contribution in [2.45, 2.75) is 19.8 Å². The minimum absolute atomic E-state index is 0.0162. The number of carbonyl (C=O) groups is 2. The summed E-state index contributed by atoms with van der Waals surface area (Å²) in [6.07, 6.45) is 1.76. The summed E-state index contributed by atoms with van der Waals surface area (Å²) in [7, 11) is 0. The lowest BCUT2D eigenvalue weighted by Gasteiger charge is -2.32. The number of nitrogens with one attached hydrogen (secondary N) is 1. The van der Waals surface area contributed by atoms with Crippen LogP contribution in [0, 0.1) is 0 Å². The van der Waals surface area contributed by atoms with E-state index in [4.69, 9.17) is 4.74 Å². The second-order valence-electron chi connectivity index (χ2n) is 5.44.